The Balaban J connectivity index is 2.05. The highest BCUT2D eigenvalue weighted by atomic mass is 35.5. The molecule has 0 saturated heterocycles. The second-order valence-corrected chi connectivity index (χ2v) is 6.07. The van der Waals surface area contributed by atoms with Crippen LogP contribution in [0.15, 0.2) is 36.5 Å². The molecule has 0 fully saturated rings. The third-order valence-electron chi connectivity index (χ3n) is 3.65. The molecule has 2 heterocycles. The largest absolute Gasteiger partial charge is 0.319 e. The number of hydrogen-bond donors (Lipinski definition) is 1. The van der Waals surface area contributed by atoms with Crippen molar-refractivity contribution < 1.29 is 4.79 Å². The molecule has 3 rings (SSSR count). The number of carbonyl (C=O) groups excluding carboxylic acids is 1. The lowest BCUT2D eigenvalue weighted by Gasteiger charge is -2.09. The van der Waals surface area contributed by atoms with Gasteiger partial charge in [-0.1, -0.05) is 36.2 Å². The number of rotatable bonds is 3. The average Bonchev–Trinajstić information content (AvgIpc) is 2.90. The van der Waals surface area contributed by atoms with Crippen LogP contribution in [0.25, 0.3) is 5.65 Å². The number of nitrogens with one attached hydrogen (secondary N) is 1. The number of hydrogen-bond acceptors (Lipinski definition) is 2. The molecule has 0 aliphatic carbocycles. The molecular weight excluding hydrogens is 333 g/mol. The zero-order valence-corrected chi connectivity index (χ0v) is 14.2. The van der Waals surface area contributed by atoms with Crippen LogP contribution in [0.4, 0.5) is 5.69 Å². The number of fused-ring (bicyclic) bond motifs is 1. The van der Waals surface area contributed by atoms with Crippen molar-refractivity contribution in [3.05, 3.63) is 63.5 Å². The minimum atomic E-state index is -0.246. The molecule has 0 unspecified atom stereocenters. The lowest BCUT2D eigenvalue weighted by atomic mass is 10.2. The number of benzene rings is 1. The number of pyridine rings is 1. The van der Waals surface area contributed by atoms with Crippen molar-refractivity contribution >= 4 is 40.4 Å². The predicted molar refractivity (Wildman–Crippen MR) is 93.7 cm³/mol. The molecule has 1 amide bonds. The first kappa shape index (κ1) is 15.8. The zero-order chi connectivity index (χ0) is 16.6. The van der Waals surface area contributed by atoms with E-state index in [1.807, 2.05) is 36.6 Å². The van der Waals surface area contributed by atoms with Gasteiger partial charge in [-0.2, -0.15) is 0 Å². The fraction of sp³-hybridized carbons (Fsp3) is 0.176. The minimum absolute atomic E-state index is 0.246. The highest BCUT2D eigenvalue weighted by Gasteiger charge is 2.19. The number of anilines is 1. The maximum atomic E-state index is 12.8. The number of imidazole rings is 1. The normalized spacial score (nSPS) is 11.0. The summed E-state index contributed by atoms with van der Waals surface area (Å²) in [5.74, 6) is -0.246. The summed E-state index contributed by atoms with van der Waals surface area (Å²) in [5, 5.41) is 3.75. The number of halogens is 2. The topological polar surface area (TPSA) is 46.4 Å². The van der Waals surface area contributed by atoms with Crippen molar-refractivity contribution in [3.63, 3.8) is 0 Å². The first-order chi connectivity index (χ1) is 11.0. The predicted octanol–water partition coefficient (Wildman–Crippen LogP) is 4.76. The van der Waals surface area contributed by atoms with Crippen molar-refractivity contribution in [1.82, 2.24) is 9.38 Å². The molecule has 1 N–H and O–H groups in total. The maximum absolute atomic E-state index is 12.8. The highest BCUT2D eigenvalue weighted by Crippen LogP contribution is 2.26. The lowest BCUT2D eigenvalue weighted by Crippen LogP contribution is -2.16. The second kappa shape index (κ2) is 6.22. The summed E-state index contributed by atoms with van der Waals surface area (Å²) >= 11 is 12.0. The Hall–Kier alpha value is -2.04. The van der Waals surface area contributed by atoms with E-state index in [2.05, 4.69) is 10.3 Å². The Morgan fingerprint density at radius 3 is 2.78 bits per heavy atom. The van der Waals surface area contributed by atoms with Crippen molar-refractivity contribution in [1.29, 1.82) is 0 Å². The summed E-state index contributed by atoms with van der Waals surface area (Å²) < 4.78 is 1.81. The van der Waals surface area contributed by atoms with E-state index >= 15 is 0 Å². The first-order valence-corrected chi connectivity index (χ1v) is 7.99. The zero-order valence-electron chi connectivity index (χ0n) is 12.7. The number of amides is 1. The molecule has 118 valence electrons. The van der Waals surface area contributed by atoms with Gasteiger partial charge in [0.25, 0.3) is 5.91 Å². The summed E-state index contributed by atoms with van der Waals surface area (Å²) in [6, 6.07) is 8.83. The second-order valence-electron chi connectivity index (χ2n) is 5.22. The first-order valence-electron chi connectivity index (χ1n) is 7.24. The Bertz CT molecular complexity index is 902. The summed E-state index contributed by atoms with van der Waals surface area (Å²) in [4.78, 5) is 17.3. The van der Waals surface area contributed by atoms with Gasteiger partial charge in [-0.3, -0.25) is 9.20 Å². The molecule has 1 aromatic carbocycles. The Kier molecular flexibility index (Phi) is 4.28. The van der Waals surface area contributed by atoms with Gasteiger partial charge < -0.3 is 5.32 Å². The van der Waals surface area contributed by atoms with E-state index < -0.39 is 0 Å². The summed E-state index contributed by atoms with van der Waals surface area (Å²) in [6.45, 7) is 3.95. The van der Waals surface area contributed by atoms with E-state index in [1.165, 1.54) is 0 Å². The Morgan fingerprint density at radius 1 is 1.30 bits per heavy atom. The summed E-state index contributed by atoms with van der Waals surface area (Å²) in [7, 11) is 0. The fourth-order valence-electron chi connectivity index (χ4n) is 2.51. The van der Waals surface area contributed by atoms with Gasteiger partial charge in [0.1, 0.15) is 11.3 Å². The number of carbonyl (C=O) groups is 1. The maximum Gasteiger partial charge on any atom is 0.274 e. The van der Waals surface area contributed by atoms with E-state index in [4.69, 9.17) is 23.2 Å². The van der Waals surface area contributed by atoms with Crippen LogP contribution in [0.1, 0.15) is 28.7 Å². The molecule has 0 bridgehead atoms. The van der Waals surface area contributed by atoms with E-state index in [0.29, 0.717) is 27.8 Å². The Labute approximate surface area is 144 Å². The van der Waals surface area contributed by atoms with Crippen LogP contribution in [0.2, 0.25) is 10.0 Å². The van der Waals surface area contributed by atoms with Crippen molar-refractivity contribution in [2.45, 2.75) is 20.3 Å². The molecule has 0 aliphatic rings. The fourth-order valence-corrected chi connectivity index (χ4v) is 2.97. The summed E-state index contributed by atoms with van der Waals surface area (Å²) in [5.41, 5.74) is 3.60. The van der Waals surface area contributed by atoms with Gasteiger partial charge in [0.2, 0.25) is 0 Å². The van der Waals surface area contributed by atoms with E-state index in [1.54, 1.807) is 18.2 Å². The number of nitrogens with zero attached hydrogens (tertiary/aromatic N) is 2. The summed E-state index contributed by atoms with van der Waals surface area (Å²) in [6.07, 6.45) is 2.51. The van der Waals surface area contributed by atoms with Crippen LogP contribution in [0.5, 0.6) is 0 Å². The van der Waals surface area contributed by atoms with E-state index in [-0.39, 0.29) is 5.91 Å². The van der Waals surface area contributed by atoms with Crippen LogP contribution in [0, 0.1) is 6.92 Å². The van der Waals surface area contributed by atoms with Crippen LogP contribution in [-0.2, 0) is 6.42 Å². The molecule has 0 spiro atoms. The van der Waals surface area contributed by atoms with E-state index in [0.717, 1.165) is 16.9 Å². The molecule has 0 saturated carbocycles. The van der Waals surface area contributed by atoms with Gasteiger partial charge >= 0.3 is 0 Å². The van der Waals surface area contributed by atoms with Crippen LogP contribution < -0.4 is 5.32 Å². The van der Waals surface area contributed by atoms with Gasteiger partial charge in [0, 0.05) is 11.2 Å². The SMILES string of the molecule is CCc1nc2c(C)cccn2c1C(=O)Nc1ccc(Cl)cc1Cl. The molecule has 3 aromatic rings. The van der Waals surface area contributed by atoms with Gasteiger partial charge in [-0.15, -0.1) is 0 Å². The van der Waals surface area contributed by atoms with Crippen LogP contribution in [0.3, 0.4) is 0 Å². The van der Waals surface area contributed by atoms with Gasteiger partial charge in [-0.05, 0) is 43.2 Å². The number of aryl methyl sites for hydroxylation is 2. The van der Waals surface area contributed by atoms with Crippen LogP contribution >= 0.6 is 23.2 Å². The van der Waals surface area contributed by atoms with Crippen molar-refractivity contribution in [3.8, 4) is 0 Å². The van der Waals surface area contributed by atoms with Crippen molar-refractivity contribution in [2.75, 3.05) is 5.32 Å². The number of aromatic nitrogens is 2. The quantitative estimate of drug-likeness (QED) is 0.741. The third-order valence-corrected chi connectivity index (χ3v) is 4.19. The average molecular weight is 348 g/mol. The van der Waals surface area contributed by atoms with Crippen molar-refractivity contribution in [2.24, 2.45) is 0 Å². The molecule has 0 atom stereocenters. The molecule has 0 radical (unpaired) electrons. The van der Waals surface area contributed by atoms with Crippen LogP contribution in [-0.4, -0.2) is 15.3 Å². The lowest BCUT2D eigenvalue weighted by molar-refractivity contribution is 0.102. The van der Waals surface area contributed by atoms with E-state index in [9.17, 15) is 4.79 Å². The third kappa shape index (κ3) is 2.92. The molecule has 4 nitrogen and oxygen atoms in total. The minimum Gasteiger partial charge on any atom is -0.319 e. The molecule has 0 aliphatic heterocycles. The standard InChI is InChI=1S/C17H15Cl2N3O/c1-3-13-15(22-8-4-5-10(2)16(22)20-13)17(23)21-14-7-6-11(18)9-12(14)19/h4-9H,3H2,1-2H3,(H,21,23). The highest BCUT2D eigenvalue weighted by molar-refractivity contribution is 6.36. The van der Waals surface area contributed by atoms with Gasteiger partial charge in [-0.25, -0.2) is 4.98 Å². The molecular formula is C17H15Cl2N3O. The molecule has 2 aromatic heterocycles. The molecule has 23 heavy (non-hydrogen) atoms. The van der Waals surface area contributed by atoms with Gasteiger partial charge in [0.05, 0.1) is 16.4 Å². The monoisotopic (exact) mass is 347 g/mol. The van der Waals surface area contributed by atoms with Gasteiger partial charge in [0.15, 0.2) is 0 Å². The molecule has 6 heteroatoms. The smallest absolute Gasteiger partial charge is 0.274 e. The Morgan fingerprint density at radius 2 is 2.09 bits per heavy atom.